The number of rotatable bonds is 5. The Morgan fingerprint density at radius 3 is 2.11 bits per heavy atom. The quantitative estimate of drug-likeness (QED) is 0.500. The Balaban J connectivity index is 1.65. The van der Waals surface area contributed by atoms with E-state index in [0.717, 1.165) is 5.56 Å². The van der Waals surface area contributed by atoms with Crippen molar-refractivity contribution >= 4 is 11.8 Å². The number of tetrazole rings is 1. The summed E-state index contributed by atoms with van der Waals surface area (Å²) in [5.41, 5.74) is 2.72. The topological polar surface area (TPSA) is 87.0 Å². The lowest BCUT2D eigenvalue weighted by Crippen LogP contribution is -2.24. The summed E-state index contributed by atoms with van der Waals surface area (Å²) >= 11 is 0. The fourth-order valence-corrected chi connectivity index (χ4v) is 2.68. The number of nitrogens with zero attached hydrogens (tertiary/aromatic N) is 4. The van der Waals surface area contributed by atoms with Crippen molar-refractivity contribution in [2.24, 2.45) is 0 Å². The van der Waals surface area contributed by atoms with Gasteiger partial charge in [0.1, 0.15) is 6.33 Å². The first-order valence-corrected chi connectivity index (χ1v) is 8.95. The maximum Gasteiger partial charge on any atom is 0.338 e. The number of Topliss-reactive ketones (excluding diaryl/α,β-unsaturated/α-hetero) is 1. The molecule has 0 radical (unpaired) electrons. The van der Waals surface area contributed by atoms with E-state index in [4.69, 9.17) is 4.74 Å². The summed E-state index contributed by atoms with van der Waals surface area (Å²) in [5.74, 6) is -0.797. The van der Waals surface area contributed by atoms with Crippen LogP contribution < -0.4 is 0 Å². The van der Waals surface area contributed by atoms with Crippen molar-refractivity contribution in [2.45, 2.75) is 39.2 Å². The number of benzene rings is 2. The molecule has 0 fully saturated rings. The smallest absolute Gasteiger partial charge is 0.338 e. The lowest BCUT2D eigenvalue weighted by atomic mass is 9.86. The zero-order valence-electron chi connectivity index (χ0n) is 16.3. The minimum Gasteiger partial charge on any atom is -0.451 e. The molecule has 0 saturated heterocycles. The highest BCUT2D eigenvalue weighted by molar-refractivity contribution is 6.01. The molecule has 7 nitrogen and oxygen atoms in total. The zero-order valence-corrected chi connectivity index (χ0v) is 16.3. The van der Waals surface area contributed by atoms with Gasteiger partial charge in [-0.1, -0.05) is 45.0 Å². The van der Waals surface area contributed by atoms with Crippen molar-refractivity contribution in [2.75, 3.05) is 0 Å². The van der Waals surface area contributed by atoms with Gasteiger partial charge in [0.05, 0.1) is 11.3 Å². The number of esters is 1. The number of hydrogen-bond acceptors (Lipinski definition) is 6. The highest BCUT2D eigenvalue weighted by Gasteiger charge is 2.21. The number of ketones is 1. The maximum atomic E-state index is 12.6. The third-order valence-electron chi connectivity index (χ3n) is 4.41. The molecule has 144 valence electrons. The van der Waals surface area contributed by atoms with Gasteiger partial charge in [-0.15, -0.1) is 5.10 Å². The van der Waals surface area contributed by atoms with E-state index in [1.807, 2.05) is 12.1 Å². The van der Waals surface area contributed by atoms with Crippen LogP contribution in [-0.4, -0.2) is 38.1 Å². The van der Waals surface area contributed by atoms with Gasteiger partial charge in [0.2, 0.25) is 5.78 Å². The fraction of sp³-hybridized carbons (Fsp3) is 0.286. The van der Waals surface area contributed by atoms with Crippen molar-refractivity contribution in [3.8, 4) is 5.69 Å². The van der Waals surface area contributed by atoms with Crippen LogP contribution in [0.25, 0.3) is 5.69 Å². The molecular formula is C21H22N4O3. The van der Waals surface area contributed by atoms with Gasteiger partial charge in [-0.05, 0) is 52.6 Å². The van der Waals surface area contributed by atoms with E-state index in [-0.39, 0.29) is 11.2 Å². The predicted octanol–water partition coefficient (Wildman–Crippen LogP) is 3.39. The number of aromatic nitrogens is 4. The summed E-state index contributed by atoms with van der Waals surface area (Å²) in [5, 5.41) is 10.9. The molecule has 2 aromatic carbocycles. The summed E-state index contributed by atoms with van der Waals surface area (Å²) in [6.45, 7) is 7.91. The average molecular weight is 378 g/mol. The van der Waals surface area contributed by atoms with Crippen LogP contribution in [0.4, 0.5) is 0 Å². The summed E-state index contributed by atoms with van der Waals surface area (Å²) < 4.78 is 6.82. The molecule has 0 saturated carbocycles. The Hall–Kier alpha value is -3.35. The van der Waals surface area contributed by atoms with Gasteiger partial charge in [-0.2, -0.15) is 0 Å². The minimum atomic E-state index is -0.882. The minimum absolute atomic E-state index is 0.00805. The SMILES string of the molecule is C[C@@H](OC(=O)c1ccc(-n2cnnn2)cc1)C(=O)c1ccc(C(C)(C)C)cc1. The molecule has 0 aliphatic rings. The van der Waals surface area contributed by atoms with Crippen molar-refractivity contribution in [3.05, 3.63) is 71.5 Å². The standard InChI is InChI=1S/C21H22N4O3/c1-14(19(26)15-5-9-17(10-6-15)21(2,3)4)28-20(27)16-7-11-18(12-8-16)25-13-22-23-24-25/h5-14H,1-4H3/t14-/m1/s1. The van der Waals surface area contributed by atoms with Crippen LogP contribution in [0, 0.1) is 0 Å². The highest BCUT2D eigenvalue weighted by Crippen LogP contribution is 2.22. The van der Waals surface area contributed by atoms with Gasteiger partial charge in [0.15, 0.2) is 6.10 Å². The first kappa shape index (κ1) is 19.4. The summed E-state index contributed by atoms with van der Waals surface area (Å²) in [4.78, 5) is 24.9. The lowest BCUT2D eigenvalue weighted by Gasteiger charge is -2.19. The van der Waals surface area contributed by atoms with Crippen LogP contribution in [0.5, 0.6) is 0 Å². The summed E-state index contributed by atoms with van der Waals surface area (Å²) in [6, 6.07) is 14.0. The van der Waals surface area contributed by atoms with Crippen LogP contribution in [-0.2, 0) is 10.2 Å². The molecule has 1 atom stereocenters. The van der Waals surface area contributed by atoms with E-state index in [1.165, 1.54) is 11.0 Å². The van der Waals surface area contributed by atoms with Gasteiger partial charge >= 0.3 is 5.97 Å². The lowest BCUT2D eigenvalue weighted by molar-refractivity contribution is 0.0319. The summed E-state index contributed by atoms with van der Waals surface area (Å²) in [7, 11) is 0. The number of carbonyl (C=O) groups is 2. The summed E-state index contributed by atoms with van der Waals surface area (Å²) in [6.07, 6.45) is 0.575. The Morgan fingerprint density at radius 2 is 1.57 bits per heavy atom. The molecule has 0 N–H and O–H groups in total. The molecule has 7 heteroatoms. The zero-order chi connectivity index (χ0) is 20.3. The van der Waals surface area contributed by atoms with Crippen molar-refractivity contribution in [1.82, 2.24) is 20.2 Å². The molecule has 28 heavy (non-hydrogen) atoms. The van der Waals surface area contributed by atoms with E-state index >= 15 is 0 Å². The van der Waals surface area contributed by atoms with Crippen LogP contribution in [0.3, 0.4) is 0 Å². The normalized spacial score (nSPS) is 12.4. The van der Waals surface area contributed by atoms with Gasteiger partial charge in [0, 0.05) is 5.56 Å². The van der Waals surface area contributed by atoms with Gasteiger partial charge in [-0.3, -0.25) is 4.79 Å². The fourth-order valence-electron chi connectivity index (χ4n) is 2.68. The Bertz CT molecular complexity index is 956. The van der Waals surface area contributed by atoms with Gasteiger partial charge < -0.3 is 4.74 Å². The van der Waals surface area contributed by atoms with Crippen molar-refractivity contribution < 1.29 is 14.3 Å². The number of hydrogen-bond donors (Lipinski definition) is 0. The van der Waals surface area contributed by atoms with E-state index in [1.54, 1.807) is 43.3 Å². The van der Waals surface area contributed by atoms with E-state index in [0.29, 0.717) is 16.8 Å². The Morgan fingerprint density at radius 1 is 0.964 bits per heavy atom. The molecular weight excluding hydrogens is 356 g/mol. The van der Waals surface area contributed by atoms with Crippen molar-refractivity contribution in [1.29, 1.82) is 0 Å². The molecule has 0 spiro atoms. The number of carbonyl (C=O) groups excluding carboxylic acids is 2. The largest absolute Gasteiger partial charge is 0.451 e. The third kappa shape index (κ3) is 4.31. The Labute approximate surface area is 163 Å². The molecule has 0 unspecified atom stereocenters. The second-order valence-corrected chi connectivity index (χ2v) is 7.54. The van der Waals surface area contributed by atoms with E-state index in [2.05, 4.69) is 36.3 Å². The van der Waals surface area contributed by atoms with Crippen LogP contribution >= 0.6 is 0 Å². The van der Waals surface area contributed by atoms with Crippen LogP contribution in [0.15, 0.2) is 54.9 Å². The van der Waals surface area contributed by atoms with Gasteiger partial charge in [-0.25, -0.2) is 9.48 Å². The molecule has 0 amide bonds. The molecule has 0 bridgehead atoms. The highest BCUT2D eigenvalue weighted by atomic mass is 16.5. The first-order valence-electron chi connectivity index (χ1n) is 8.95. The van der Waals surface area contributed by atoms with E-state index < -0.39 is 12.1 Å². The third-order valence-corrected chi connectivity index (χ3v) is 4.41. The molecule has 1 heterocycles. The second-order valence-electron chi connectivity index (χ2n) is 7.54. The Kier molecular flexibility index (Phi) is 5.35. The molecule has 1 aromatic heterocycles. The molecule has 3 rings (SSSR count). The number of ether oxygens (including phenoxy) is 1. The molecule has 0 aliphatic carbocycles. The molecule has 3 aromatic rings. The average Bonchev–Trinajstić information content (AvgIpc) is 3.21. The van der Waals surface area contributed by atoms with Crippen LogP contribution in [0.1, 0.15) is 54.0 Å². The predicted molar refractivity (Wildman–Crippen MR) is 104 cm³/mol. The van der Waals surface area contributed by atoms with Crippen LogP contribution in [0.2, 0.25) is 0 Å². The van der Waals surface area contributed by atoms with E-state index in [9.17, 15) is 9.59 Å². The van der Waals surface area contributed by atoms with Gasteiger partial charge in [0.25, 0.3) is 0 Å². The second kappa shape index (κ2) is 7.72. The monoisotopic (exact) mass is 378 g/mol. The van der Waals surface area contributed by atoms with Crippen molar-refractivity contribution in [3.63, 3.8) is 0 Å². The molecule has 0 aliphatic heterocycles. The maximum absolute atomic E-state index is 12.6. The first-order chi connectivity index (χ1) is 13.3.